The predicted molar refractivity (Wildman–Crippen MR) is 82.0 cm³/mol. The quantitative estimate of drug-likeness (QED) is 0.686. The van der Waals surface area contributed by atoms with Gasteiger partial charge in [0.25, 0.3) is 0 Å². The number of aryl methyl sites for hydroxylation is 1. The van der Waals surface area contributed by atoms with E-state index in [0.717, 1.165) is 0 Å². The smallest absolute Gasteiger partial charge is 0.0190 e. The van der Waals surface area contributed by atoms with Gasteiger partial charge in [0.2, 0.25) is 0 Å². The van der Waals surface area contributed by atoms with Crippen molar-refractivity contribution in [3.05, 3.63) is 59.2 Å². The Hall–Kier alpha value is -1.90. The number of fused-ring (bicyclic) bond motifs is 2. The Bertz CT molecular complexity index is 760. The minimum Gasteiger partial charge on any atom is -0.326 e. The van der Waals surface area contributed by atoms with Crippen molar-refractivity contribution >= 4 is 21.5 Å². The van der Waals surface area contributed by atoms with Crippen LogP contribution in [0, 0.1) is 6.92 Å². The van der Waals surface area contributed by atoms with Gasteiger partial charge in [0.15, 0.2) is 0 Å². The molecule has 0 bridgehead atoms. The van der Waals surface area contributed by atoms with Gasteiger partial charge < -0.3 is 11.5 Å². The maximum atomic E-state index is 6.01. The average Bonchev–Trinajstić information content (AvgIpc) is 2.45. The summed E-state index contributed by atoms with van der Waals surface area (Å²) < 4.78 is 0. The van der Waals surface area contributed by atoms with Crippen LogP contribution in [0.25, 0.3) is 21.5 Å². The van der Waals surface area contributed by atoms with Crippen LogP contribution < -0.4 is 11.5 Å². The Morgan fingerprint density at radius 2 is 1.32 bits per heavy atom. The first kappa shape index (κ1) is 12.2. The third kappa shape index (κ3) is 1.72. The molecular formula is C17H18N2. The topological polar surface area (TPSA) is 52.0 Å². The van der Waals surface area contributed by atoms with Gasteiger partial charge in [-0.15, -0.1) is 0 Å². The average molecular weight is 250 g/mol. The van der Waals surface area contributed by atoms with Crippen LogP contribution in [0.1, 0.15) is 16.7 Å². The van der Waals surface area contributed by atoms with E-state index in [4.69, 9.17) is 11.5 Å². The first-order valence-electron chi connectivity index (χ1n) is 6.59. The molecule has 0 fully saturated rings. The second-order valence-electron chi connectivity index (χ2n) is 4.91. The Balaban J connectivity index is 2.65. The highest BCUT2D eigenvalue weighted by Crippen LogP contribution is 2.34. The van der Waals surface area contributed by atoms with E-state index >= 15 is 0 Å². The normalized spacial score (nSPS) is 11.3. The van der Waals surface area contributed by atoms with Crippen LogP contribution in [0.15, 0.2) is 42.5 Å². The molecular weight excluding hydrogens is 232 g/mol. The van der Waals surface area contributed by atoms with E-state index in [1.165, 1.54) is 38.2 Å². The molecule has 0 aromatic heterocycles. The first-order chi connectivity index (χ1) is 9.27. The maximum absolute atomic E-state index is 6.01. The maximum Gasteiger partial charge on any atom is 0.0190 e. The molecule has 3 rings (SSSR count). The molecule has 2 nitrogen and oxygen atoms in total. The predicted octanol–water partition coefficient (Wildman–Crippen LogP) is 3.22. The lowest BCUT2D eigenvalue weighted by Gasteiger charge is -2.16. The minimum atomic E-state index is 0.547. The van der Waals surface area contributed by atoms with Gasteiger partial charge in [-0.25, -0.2) is 0 Å². The summed E-state index contributed by atoms with van der Waals surface area (Å²) in [5, 5.41) is 4.96. The third-order valence-corrected chi connectivity index (χ3v) is 3.89. The lowest BCUT2D eigenvalue weighted by molar-refractivity contribution is 1.08. The van der Waals surface area contributed by atoms with E-state index in [1.54, 1.807) is 0 Å². The van der Waals surface area contributed by atoms with Gasteiger partial charge in [-0.3, -0.25) is 0 Å². The summed E-state index contributed by atoms with van der Waals surface area (Å²) in [5.41, 5.74) is 15.7. The van der Waals surface area contributed by atoms with Crippen LogP contribution in [0.5, 0.6) is 0 Å². The van der Waals surface area contributed by atoms with Crippen LogP contribution >= 0.6 is 0 Å². The van der Waals surface area contributed by atoms with Gasteiger partial charge in [0.1, 0.15) is 0 Å². The second-order valence-corrected chi connectivity index (χ2v) is 4.91. The van der Waals surface area contributed by atoms with Crippen molar-refractivity contribution in [2.24, 2.45) is 11.5 Å². The summed E-state index contributed by atoms with van der Waals surface area (Å²) >= 11 is 0. The summed E-state index contributed by atoms with van der Waals surface area (Å²) in [6.07, 6.45) is 0. The second kappa shape index (κ2) is 4.65. The van der Waals surface area contributed by atoms with E-state index in [1.807, 2.05) is 0 Å². The van der Waals surface area contributed by atoms with Crippen molar-refractivity contribution in [1.82, 2.24) is 0 Å². The Labute approximate surface area is 113 Å². The molecule has 0 atom stereocenters. The molecule has 0 saturated carbocycles. The van der Waals surface area contributed by atoms with Crippen LogP contribution in [0.2, 0.25) is 0 Å². The first-order valence-corrected chi connectivity index (χ1v) is 6.59. The summed E-state index contributed by atoms with van der Waals surface area (Å²) in [6, 6.07) is 14.8. The molecule has 2 heteroatoms. The highest BCUT2D eigenvalue weighted by molar-refractivity contribution is 6.06. The SMILES string of the molecule is Cc1cccc2c(CN)c3ccccc3c(CN)c12. The van der Waals surface area contributed by atoms with Crippen LogP contribution in [-0.4, -0.2) is 0 Å². The molecule has 0 aliphatic heterocycles. The summed E-state index contributed by atoms with van der Waals surface area (Å²) in [6.45, 7) is 3.23. The third-order valence-electron chi connectivity index (χ3n) is 3.89. The Morgan fingerprint density at radius 3 is 1.95 bits per heavy atom. The highest BCUT2D eigenvalue weighted by atomic mass is 14.5. The lowest BCUT2D eigenvalue weighted by atomic mass is 9.89. The fourth-order valence-corrected chi connectivity index (χ4v) is 3.04. The van der Waals surface area contributed by atoms with E-state index in [0.29, 0.717) is 13.1 Å². The zero-order chi connectivity index (χ0) is 13.4. The number of benzene rings is 3. The minimum absolute atomic E-state index is 0.547. The zero-order valence-corrected chi connectivity index (χ0v) is 11.1. The van der Waals surface area contributed by atoms with Crippen LogP contribution in [0.3, 0.4) is 0 Å². The van der Waals surface area contributed by atoms with Crippen molar-refractivity contribution in [2.75, 3.05) is 0 Å². The van der Waals surface area contributed by atoms with Crippen LogP contribution in [0.4, 0.5) is 0 Å². The van der Waals surface area contributed by atoms with E-state index in [-0.39, 0.29) is 0 Å². The van der Waals surface area contributed by atoms with E-state index in [2.05, 4.69) is 49.4 Å². The lowest BCUT2D eigenvalue weighted by Crippen LogP contribution is -2.05. The molecule has 96 valence electrons. The highest BCUT2D eigenvalue weighted by Gasteiger charge is 2.12. The number of rotatable bonds is 2. The molecule has 19 heavy (non-hydrogen) atoms. The molecule has 0 aliphatic carbocycles. The summed E-state index contributed by atoms with van der Waals surface area (Å²) in [7, 11) is 0. The summed E-state index contributed by atoms with van der Waals surface area (Å²) in [5.74, 6) is 0. The van der Waals surface area contributed by atoms with Gasteiger partial charge in [-0.1, -0.05) is 42.5 Å². The van der Waals surface area contributed by atoms with Gasteiger partial charge in [-0.05, 0) is 45.2 Å². The molecule has 0 saturated heterocycles. The standard InChI is InChI=1S/C17H18N2/c1-11-5-4-8-14-15(9-18)12-6-2-3-7-13(12)16(10-19)17(11)14/h2-8H,9-10,18-19H2,1H3. The molecule has 0 heterocycles. The Kier molecular flexibility index (Phi) is 2.97. The number of nitrogens with two attached hydrogens (primary N) is 2. The number of hydrogen-bond donors (Lipinski definition) is 2. The van der Waals surface area contributed by atoms with Crippen LogP contribution in [-0.2, 0) is 13.1 Å². The van der Waals surface area contributed by atoms with Gasteiger partial charge in [0.05, 0.1) is 0 Å². The van der Waals surface area contributed by atoms with Crippen molar-refractivity contribution in [2.45, 2.75) is 20.0 Å². The molecule has 0 unspecified atom stereocenters. The van der Waals surface area contributed by atoms with Gasteiger partial charge in [0, 0.05) is 13.1 Å². The van der Waals surface area contributed by atoms with E-state index < -0.39 is 0 Å². The van der Waals surface area contributed by atoms with Gasteiger partial charge in [-0.2, -0.15) is 0 Å². The Morgan fingerprint density at radius 1 is 0.737 bits per heavy atom. The molecule has 3 aromatic rings. The van der Waals surface area contributed by atoms with Crippen molar-refractivity contribution in [3.63, 3.8) is 0 Å². The molecule has 0 amide bonds. The molecule has 0 radical (unpaired) electrons. The van der Waals surface area contributed by atoms with Gasteiger partial charge >= 0.3 is 0 Å². The van der Waals surface area contributed by atoms with Crippen molar-refractivity contribution in [3.8, 4) is 0 Å². The van der Waals surface area contributed by atoms with E-state index in [9.17, 15) is 0 Å². The molecule has 4 N–H and O–H groups in total. The van der Waals surface area contributed by atoms with Crippen molar-refractivity contribution in [1.29, 1.82) is 0 Å². The summed E-state index contributed by atoms with van der Waals surface area (Å²) in [4.78, 5) is 0. The van der Waals surface area contributed by atoms with Crippen molar-refractivity contribution < 1.29 is 0 Å². The monoisotopic (exact) mass is 250 g/mol. The fraction of sp³-hybridized carbons (Fsp3) is 0.176. The fourth-order valence-electron chi connectivity index (χ4n) is 3.04. The largest absolute Gasteiger partial charge is 0.326 e. The zero-order valence-electron chi connectivity index (χ0n) is 11.1. The number of hydrogen-bond acceptors (Lipinski definition) is 2. The molecule has 0 spiro atoms. The molecule has 0 aliphatic rings. The molecule has 3 aromatic carbocycles.